The molecule has 31 heavy (non-hydrogen) atoms. The molecule has 2 fully saturated rings. The molecule has 3 rings (SSSR count). The van der Waals surface area contributed by atoms with Gasteiger partial charge in [0, 0.05) is 19.1 Å². The fraction of sp³-hybridized carbons (Fsp3) is 0.667. The number of piperidine rings is 1. The first-order chi connectivity index (χ1) is 14.7. The first-order valence-corrected chi connectivity index (χ1v) is 11.3. The van der Waals surface area contributed by atoms with E-state index in [2.05, 4.69) is 4.90 Å². The molecule has 1 aromatic carbocycles. The first-order valence-electron chi connectivity index (χ1n) is 11.3. The Morgan fingerprint density at radius 3 is 2.32 bits per heavy atom. The summed E-state index contributed by atoms with van der Waals surface area (Å²) in [5.41, 5.74) is 4.67. The van der Waals surface area contributed by atoms with E-state index in [1.165, 1.54) is 6.07 Å². The van der Waals surface area contributed by atoms with E-state index in [-0.39, 0.29) is 23.2 Å². The van der Waals surface area contributed by atoms with Gasteiger partial charge in [0.05, 0.1) is 5.56 Å². The Bertz CT molecular complexity index is 787. The molecule has 2 N–H and O–H groups in total. The van der Waals surface area contributed by atoms with Crippen molar-refractivity contribution in [2.45, 2.75) is 57.5 Å². The Kier molecular flexibility index (Phi) is 7.81. The summed E-state index contributed by atoms with van der Waals surface area (Å²) < 4.78 is 32.5. The van der Waals surface area contributed by atoms with Crippen molar-refractivity contribution in [1.29, 1.82) is 0 Å². The SMILES string of the molecule is COC(C)(C(N)=O)C1CCC(CCN2CCC(C(=O)c3ccc(F)cc3F)CC2)CC1. The molecule has 2 aliphatic rings. The smallest absolute Gasteiger partial charge is 0.249 e. The van der Waals surface area contributed by atoms with Crippen LogP contribution in [0, 0.1) is 29.4 Å². The highest BCUT2D eigenvalue weighted by Crippen LogP contribution is 2.38. The Labute approximate surface area is 183 Å². The van der Waals surface area contributed by atoms with Crippen LogP contribution in [-0.4, -0.2) is 48.9 Å². The van der Waals surface area contributed by atoms with Gasteiger partial charge in [-0.25, -0.2) is 8.78 Å². The quantitative estimate of drug-likeness (QED) is 0.627. The second kappa shape index (κ2) is 10.2. The van der Waals surface area contributed by atoms with Crippen LogP contribution in [0.5, 0.6) is 0 Å². The average molecular weight is 437 g/mol. The summed E-state index contributed by atoms with van der Waals surface area (Å²) in [6, 6.07) is 3.16. The molecule has 1 saturated heterocycles. The van der Waals surface area contributed by atoms with Crippen molar-refractivity contribution in [3.8, 4) is 0 Å². The van der Waals surface area contributed by atoms with Crippen LogP contribution < -0.4 is 5.73 Å². The largest absolute Gasteiger partial charge is 0.368 e. The van der Waals surface area contributed by atoms with E-state index in [0.29, 0.717) is 18.8 Å². The predicted molar refractivity (Wildman–Crippen MR) is 115 cm³/mol. The number of ketones is 1. The topological polar surface area (TPSA) is 72.6 Å². The third-order valence-corrected chi connectivity index (χ3v) is 7.55. The maximum atomic E-state index is 13.9. The molecule has 1 heterocycles. The van der Waals surface area contributed by atoms with Crippen LogP contribution in [0.15, 0.2) is 18.2 Å². The number of ether oxygens (including phenoxy) is 1. The Morgan fingerprint density at radius 2 is 1.77 bits per heavy atom. The summed E-state index contributed by atoms with van der Waals surface area (Å²) in [6.07, 6.45) is 6.51. The van der Waals surface area contributed by atoms with Gasteiger partial charge in [0.2, 0.25) is 5.91 Å². The number of primary amides is 1. The fourth-order valence-corrected chi connectivity index (χ4v) is 5.16. The predicted octanol–water partition coefficient (Wildman–Crippen LogP) is 3.95. The normalized spacial score (nSPS) is 25.2. The molecule has 1 aliphatic heterocycles. The summed E-state index contributed by atoms with van der Waals surface area (Å²) in [7, 11) is 1.55. The molecule has 7 heteroatoms. The highest BCUT2D eigenvalue weighted by Gasteiger charge is 2.41. The lowest BCUT2D eigenvalue weighted by Crippen LogP contribution is -2.50. The Morgan fingerprint density at radius 1 is 1.13 bits per heavy atom. The van der Waals surface area contributed by atoms with Crippen molar-refractivity contribution in [2.75, 3.05) is 26.7 Å². The summed E-state index contributed by atoms with van der Waals surface area (Å²) in [6.45, 7) is 4.41. The number of likely N-dealkylation sites (tertiary alicyclic amines) is 1. The third kappa shape index (κ3) is 5.50. The van der Waals surface area contributed by atoms with Gasteiger partial charge in [0.25, 0.3) is 0 Å². The van der Waals surface area contributed by atoms with E-state index in [4.69, 9.17) is 10.5 Å². The minimum absolute atomic E-state index is 0.00405. The zero-order valence-corrected chi connectivity index (χ0v) is 18.5. The van der Waals surface area contributed by atoms with Crippen LogP contribution in [-0.2, 0) is 9.53 Å². The molecule has 0 bridgehead atoms. The number of amides is 1. The molecule has 1 atom stereocenters. The second-order valence-corrected chi connectivity index (χ2v) is 9.29. The van der Waals surface area contributed by atoms with Crippen LogP contribution in [0.25, 0.3) is 0 Å². The number of halogens is 2. The summed E-state index contributed by atoms with van der Waals surface area (Å²) >= 11 is 0. The van der Waals surface area contributed by atoms with Crippen LogP contribution in [0.4, 0.5) is 8.78 Å². The second-order valence-electron chi connectivity index (χ2n) is 9.29. The van der Waals surface area contributed by atoms with E-state index in [9.17, 15) is 18.4 Å². The van der Waals surface area contributed by atoms with E-state index in [1.54, 1.807) is 14.0 Å². The van der Waals surface area contributed by atoms with E-state index >= 15 is 0 Å². The number of nitrogens with zero attached hydrogens (tertiary/aromatic N) is 1. The monoisotopic (exact) mass is 436 g/mol. The first kappa shape index (κ1) is 23.8. The van der Waals surface area contributed by atoms with Gasteiger partial charge >= 0.3 is 0 Å². The van der Waals surface area contributed by atoms with E-state index < -0.39 is 23.1 Å². The third-order valence-electron chi connectivity index (χ3n) is 7.55. The van der Waals surface area contributed by atoms with Crippen molar-refractivity contribution in [2.24, 2.45) is 23.5 Å². The molecule has 0 radical (unpaired) electrons. The van der Waals surface area contributed by atoms with Crippen molar-refractivity contribution >= 4 is 11.7 Å². The number of methoxy groups -OCH3 is 1. The number of carbonyl (C=O) groups excluding carboxylic acids is 2. The number of hydrogen-bond acceptors (Lipinski definition) is 4. The zero-order chi connectivity index (χ0) is 22.6. The molecular weight excluding hydrogens is 402 g/mol. The zero-order valence-electron chi connectivity index (χ0n) is 18.5. The summed E-state index contributed by atoms with van der Waals surface area (Å²) in [5, 5.41) is 0. The number of hydrogen-bond donors (Lipinski definition) is 1. The molecule has 0 aromatic heterocycles. The van der Waals surface area contributed by atoms with Gasteiger partial charge in [-0.1, -0.05) is 12.8 Å². The van der Waals surface area contributed by atoms with Gasteiger partial charge in [0.1, 0.15) is 17.2 Å². The number of Topliss-reactive ketones (excluding diaryl/α,β-unsaturated/α-hetero) is 1. The van der Waals surface area contributed by atoms with Gasteiger partial charge < -0.3 is 15.4 Å². The van der Waals surface area contributed by atoms with Crippen LogP contribution in [0.1, 0.15) is 62.2 Å². The molecule has 1 aliphatic carbocycles. The van der Waals surface area contributed by atoms with E-state index in [0.717, 1.165) is 63.9 Å². The number of rotatable bonds is 8. The molecule has 1 amide bonds. The van der Waals surface area contributed by atoms with Crippen molar-refractivity contribution in [3.63, 3.8) is 0 Å². The molecule has 172 valence electrons. The summed E-state index contributed by atoms with van der Waals surface area (Å²) in [4.78, 5) is 26.8. The van der Waals surface area contributed by atoms with Gasteiger partial charge in [-0.05, 0) is 82.6 Å². The van der Waals surface area contributed by atoms with Gasteiger partial charge in [-0.3, -0.25) is 9.59 Å². The van der Waals surface area contributed by atoms with Gasteiger partial charge in [-0.2, -0.15) is 0 Å². The molecule has 1 unspecified atom stereocenters. The van der Waals surface area contributed by atoms with Gasteiger partial charge in [0.15, 0.2) is 5.78 Å². The van der Waals surface area contributed by atoms with Crippen LogP contribution >= 0.6 is 0 Å². The maximum absolute atomic E-state index is 13.9. The number of carbonyl (C=O) groups is 2. The molecular formula is C24H34F2N2O3. The van der Waals surface area contributed by atoms with Crippen LogP contribution in [0.3, 0.4) is 0 Å². The standard InChI is InChI=1S/C24H34F2N2O3/c1-24(31-2,23(27)30)18-5-3-16(4-6-18)9-12-28-13-10-17(11-14-28)22(29)20-8-7-19(25)15-21(20)26/h7-8,15-18H,3-6,9-14H2,1-2H3,(H2,27,30). The Hall–Kier alpha value is -1.86. The summed E-state index contributed by atoms with van der Waals surface area (Å²) in [5.74, 6) is -1.46. The van der Waals surface area contributed by atoms with Crippen LogP contribution in [0.2, 0.25) is 0 Å². The molecule has 0 spiro atoms. The molecule has 1 aromatic rings. The lowest BCUT2D eigenvalue weighted by atomic mass is 9.73. The molecule has 5 nitrogen and oxygen atoms in total. The number of benzene rings is 1. The highest BCUT2D eigenvalue weighted by molar-refractivity contribution is 5.98. The fourth-order valence-electron chi connectivity index (χ4n) is 5.16. The molecule has 1 saturated carbocycles. The minimum Gasteiger partial charge on any atom is -0.368 e. The lowest BCUT2D eigenvalue weighted by Gasteiger charge is -2.39. The lowest BCUT2D eigenvalue weighted by molar-refractivity contribution is -0.146. The highest BCUT2D eigenvalue weighted by atomic mass is 19.1. The van der Waals surface area contributed by atoms with Gasteiger partial charge in [-0.15, -0.1) is 0 Å². The average Bonchev–Trinajstić information content (AvgIpc) is 2.77. The van der Waals surface area contributed by atoms with Crippen molar-refractivity contribution < 1.29 is 23.1 Å². The van der Waals surface area contributed by atoms with E-state index in [1.807, 2.05) is 0 Å². The maximum Gasteiger partial charge on any atom is 0.249 e. The minimum atomic E-state index is -0.886. The van der Waals surface area contributed by atoms with Crippen molar-refractivity contribution in [3.05, 3.63) is 35.4 Å². The number of nitrogens with two attached hydrogens (primary N) is 1. The van der Waals surface area contributed by atoms with Crippen molar-refractivity contribution in [1.82, 2.24) is 4.90 Å². The Balaban J connectivity index is 1.41.